The Morgan fingerprint density at radius 2 is 1.90 bits per heavy atom. The van der Waals surface area contributed by atoms with E-state index in [1.165, 1.54) is 0 Å². The van der Waals surface area contributed by atoms with Crippen LogP contribution in [-0.4, -0.2) is 28.8 Å². The minimum atomic E-state index is -1.12. The molecule has 6 nitrogen and oxygen atoms in total. The Morgan fingerprint density at radius 1 is 1.17 bits per heavy atom. The second kappa shape index (κ2) is 10.3. The van der Waals surface area contributed by atoms with Crippen LogP contribution in [0.1, 0.15) is 31.9 Å². The smallest absolute Gasteiger partial charge is 0.408 e. The molecule has 2 aromatic carbocycles. The molecule has 0 saturated carbocycles. The molecule has 0 aromatic heterocycles. The van der Waals surface area contributed by atoms with Gasteiger partial charge in [0.25, 0.3) is 0 Å². The first-order valence-electron chi connectivity index (χ1n) is 8.91. The molecule has 0 bridgehead atoms. The van der Waals surface area contributed by atoms with Gasteiger partial charge in [0.2, 0.25) is 0 Å². The Kier molecular flexibility index (Phi) is 8.33. The van der Waals surface area contributed by atoms with Gasteiger partial charge in [0.1, 0.15) is 24.0 Å². The van der Waals surface area contributed by atoms with E-state index in [9.17, 15) is 14.7 Å². The molecule has 0 aliphatic heterocycles. The lowest BCUT2D eigenvalue weighted by atomic mass is 10.1. The minimum Gasteiger partial charge on any atom is -0.488 e. The molecule has 8 heteroatoms. The number of benzene rings is 2. The van der Waals surface area contributed by atoms with Crippen molar-refractivity contribution in [3.05, 3.63) is 61.6 Å². The summed E-state index contributed by atoms with van der Waals surface area (Å²) in [5.74, 6) is -0.415. The summed E-state index contributed by atoms with van der Waals surface area (Å²) in [6, 6.07) is 12.2. The predicted octanol–water partition coefficient (Wildman–Crippen LogP) is 5.15. The van der Waals surface area contributed by atoms with Crippen LogP contribution in [0.3, 0.4) is 0 Å². The Balaban J connectivity index is 2.01. The summed E-state index contributed by atoms with van der Waals surface area (Å²) in [5, 5.41) is 11.8. The first-order valence-corrected chi connectivity index (χ1v) is 10.8. The first-order chi connectivity index (χ1) is 13.5. The molecule has 2 N–H and O–H groups in total. The highest BCUT2D eigenvalue weighted by Gasteiger charge is 2.24. The van der Waals surface area contributed by atoms with E-state index in [0.717, 1.165) is 19.2 Å². The van der Waals surface area contributed by atoms with E-state index in [0.29, 0.717) is 12.4 Å². The molecule has 0 saturated heterocycles. The van der Waals surface area contributed by atoms with Crippen LogP contribution in [0.4, 0.5) is 4.79 Å². The lowest BCUT2D eigenvalue weighted by Crippen LogP contribution is -2.44. The van der Waals surface area contributed by atoms with Crippen LogP contribution >= 0.6 is 38.5 Å². The normalized spacial score (nSPS) is 12.2. The van der Waals surface area contributed by atoms with Crippen molar-refractivity contribution in [3.8, 4) is 5.75 Å². The quantitative estimate of drug-likeness (QED) is 0.446. The highest BCUT2D eigenvalue weighted by Crippen LogP contribution is 2.24. The molecule has 29 heavy (non-hydrogen) atoms. The Morgan fingerprint density at radius 3 is 2.48 bits per heavy atom. The zero-order chi connectivity index (χ0) is 21.6. The standard InChI is InChI=1S/C21H23BrINO5/c1-21(2,3)29-20(27)24-17(19(25)26)11-13-7-8-18(16(23)10-13)28-12-14-5-4-6-15(22)9-14/h4-10,17H,11-12H2,1-3H3,(H,24,27)(H,25,26)/t17-/m0/s1. The second-order valence-electron chi connectivity index (χ2n) is 7.42. The highest BCUT2D eigenvalue weighted by atomic mass is 127. The average Bonchev–Trinajstić information content (AvgIpc) is 2.59. The van der Waals surface area contributed by atoms with Gasteiger partial charge in [-0.15, -0.1) is 0 Å². The average molecular weight is 576 g/mol. The van der Waals surface area contributed by atoms with E-state index in [1.807, 2.05) is 36.4 Å². The van der Waals surface area contributed by atoms with Gasteiger partial charge in [-0.2, -0.15) is 0 Å². The fraction of sp³-hybridized carbons (Fsp3) is 0.333. The zero-order valence-corrected chi connectivity index (χ0v) is 20.1. The van der Waals surface area contributed by atoms with E-state index < -0.39 is 23.7 Å². The van der Waals surface area contributed by atoms with Crippen molar-refractivity contribution in [1.82, 2.24) is 5.32 Å². The number of carboxylic acids is 1. The van der Waals surface area contributed by atoms with Crippen molar-refractivity contribution in [2.75, 3.05) is 0 Å². The van der Waals surface area contributed by atoms with Gasteiger partial charge in [-0.3, -0.25) is 0 Å². The lowest BCUT2D eigenvalue weighted by Gasteiger charge is -2.22. The van der Waals surface area contributed by atoms with Gasteiger partial charge in [0.05, 0.1) is 3.57 Å². The van der Waals surface area contributed by atoms with Gasteiger partial charge in [-0.05, 0) is 78.8 Å². The number of hydrogen-bond donors (Lipinski definition) is 2. The number of rotatable bonds is 7. The Hall–Kier alpha value is -1.81. The third kappa shape index (κ3) is 8.22. The molecule has 0 spiro atoms. The van der Waals surface area contributed by atoms with E-state index in [1.54, 1.807) is 26.8 Å². The number of nitrogens with one attached hydrogen (secondary N) is 1. The molecule has 1 atom stereocenters. The number of carboxylic acid groups (broad SMARTS) is 1. The van der Waals surface area contributed by atoms with Crippen molar-refractivity contribution < 1.29 is 24.2 Å². The maximum absolute atomic E-state index is 11.9. The molecule has 0 fully saturated rings. The summed E-state index contributed by atoms with van der Waals surface area (Å²) < 4.78 is 12.9. The molecule has 0 radical (unpaired) electrons. The number of halogens is 2. The molecule has 1 amide bonds. The largest absolute Gasteiger partial charge is 0.488 e. The molecular weight excluding hydrogens is 553 g/mol. The SMILES string of the molecule is CC(C)(C)OC(=O)N[C@@H](Cc1ccc(OCc2cccc(Br)c2)c(I)c1)C(=O)O. The van der Waals surface area contributed by atoms with Crippen molar-refractivity contribution in [3.63, 3.8) is 0 Å². The summed E-state index contributed by atoms with van der Waals surface area (Å²) in [7, 11) is 0. The number of aliphatic carboxylic acids is 1. The highest BCUT2D eigenvalue weighted by molar-refractivity contribution is 14.1. The fourth-order valence-electron chi connectivity index (χ4n) is 2.46. The van der Waals surface area contributed by atoms with Gasteiger partial charge in [0, 0.05) is 10.9 Å². The molecule has 0 aliphatic carbocycles. The third-order valence-electron chi connectivity index (χ3n) is 3.71. The van der Waals surface area contributed by atoms with Crippen molar-refractivity contribution in [1.29, 1.82) is 0 Å². The van der Waals surface area contributed by atoms with Crippen molar-refractivity contribution >= 4 is 50.6 Å². The third-order valence-corrected chi connectivity index (χ3v) is 5.04. The monoisotopic (exact) mass is 575 g/mol. The maximum Gasteiger partial charge on any atom is 0.408 e. The topological polar surface area (TPSA) is 84.9 Å². The molecule has 2 aromatic rings. The van der Waals surface area contributed by atoms with E-state index in [2.05, 4.69) is 43.8 Å². The molecule has 0 heterocycles. The number of amides is 1. The number of ether oxygens (including phenoxy) is 2. The van der Waals surface area contributed by atoms with Gasteiger partial charge < -0.3 is 19.9 Å². The van der Waals surface area contributed by atoms with Gasteiger partial charge in [-0.1, -0.05) is 34.1 Å². The second-order valence-corrected chi connectivity index (χ2v) is 9.50. The van der Waals surface area contributed by atoms with Crippen LogP contribution in [0.5, 0.6) is 5.75 Å². The Labute approximate surface area is 192 Å². The summed E-state index contributed by atoms with van der Waals surface area (Å²) in [6.07, 6.45) is -0.621. The van der Waals surface area contributed by atoms with Crippen LogP contribution in [0.2, 0.25) is 0 Å². The van der Waals surface area contributed by atoms with E-state index in [-0.39, 0.29) is 6.42 Å². The molecule has 0 aliphatic rings. The zero-order valence-electron chi connectivity index (χ0n) is 16.4. The Bertz CT molecular complexity index is 882. The van der Waals surface area contributed by atoms with Crippen LogP contribution in [0.25, 0.3) is 0 Å². The number of carbonyl (C=O) groups is 2. The van der Waals surface area contributed by atoms with Crippen LogP contribution in [-0.2, 0) is 22.6 Å². The summed E-state index contributed by atoms with van der Waals surface area (Å²) in [5.41, 5.74) is 1.11. The lowest BCUT2D eigenvalue weighted by molar-refractivity contribution is -0.139. The molecular formula is C21H23BrINO5. The fourth-order valence-corrected chi connectivity index (χ4v) is 3.64. The summed E-state index contributed by atoms with van der Waals surface area (Å²) >= 11 is 5.58. The first kappa shape index (κ1) is 23.5. The number of hydrogen-bond acceptors (Lipinski definition) is 4. The van der Waals surface area contributed by atoms with Gasteiger partial charge >= 0.3 is 12.1 Å². The van der Waals surface area contributed by atoms with Gasteiger partial charge in [0.15, 0.2) is 0 Å². The van der Waals surface area contributed by atoms with Crippen LogP contribution < -0.4 is 10.1 Å². The summed E-state index contributed by atoms with van der Waals surface area (Å²) in [4.78, 5) is 23.5. The molecule has 2 rings (SSSR count). The molecule has 0 unspecified atom stereocenters. The van der Waals surface area contributed by atoms with Crippen LogP contribution in [0, 0.1) is 3.57 Å². The van der Waals surface area contributed by atoms with Crippen molar-refractivity contribution in [2.24, 2.45) is 0 Å². The van der Waals surface area contributed by atoms with Crippen molar-refractivity contribution in [2.45, 2.75) is 45.4 Å². The number of alkyl carbamates (subject to hydrolysis) is 1. The van der Waals surface area contributed by atoms with E-state index >= 15 is 0 Å². The number of carbonyl (C=O) groups excluding carboxylic acids is 1. The van der Waals surface area contributed by atoms with Gasteiger partial charge in [-0.25, -0.2) is 9.59 Å². The molecule has 156 valence electrons. The van der Waals surface area contributed by atoms with Crippen LogP contribution in [0.15, 0.2) is 46.9 Å². The summed E-state index contributed by atoms with van der Waals surface area (Å²) in [6.45, 7) is 5.58. The predicted molar refractivity (Wildman–Crippen MR) is 122 cm³/mol. The van der Waals surface area contributed by atoms with E-state index in [4.69, 9.17) is 9.47 Å². The minimum absolute atomic E-state index is 0.135. The maximum atomic E-state index is 11.9.